The molecule has 0 aromatic heterocycles. The summed E-state index contributed by atoms with van der Waals surface area (Å²) in [5.74, 6) is 0.319. The van der Waals surface area contributed by atoms with E-state index in [0.717, 1.165) is 24.4 Å². The van der Waals surface area contributed by atoms with Crippen LogP contribution in [-0.4, -0.2) is 50.8 Å². The molecule has 0 aliphatic carbocycles. The number of amides is 2. The summed E-state index contributed by atoms with van der Waals surface area (Å²) in [6.45, 7) is 5.40. The highest BCUT2D eigenvalue weighted by molar-refractivity contribution is 6.22. The van der Waals surface area contributed by atoms with Crippen molar-refractivity contribution in [1.82, 2.24) is 0 Å². The van der Waals surface area contributed by atoms with Crippen molar-refractivity contribution in [2.45, 2.75) is 25.8 Å². The van der Waals surface area contributed by atoms with Crippen molar-refractivity contribution in [1.29, 1.82) is 0 Å². The summed E-state index contributed by atoms with van der Waals surface area (Å²) in [7, 11) is 0. The van der Waals surface area contributed by atoms with E-state index in [4.69, 9.17) is 9.47 Å². The summed E-state index contributed by atoms with van der Waals surface area (Å²) in [5.41, 5.74) is 0.561. The summed E-state index contributed by atoms with van der Waals surface area (Å²) in [5, 5.41) is 0. The Hall–Kier alpha value is -1.92. The van der Waals surface area contributed by atoms with Crippen LogP contribution in [0.15, 0.2) is 24.3 Å². The molecular weight excluding hydrogens is 296 g/mol. The molecule has 1 aromatic rings. The van der Waals surface area contributed by atoms with E-state index in [-0.39, 0.29) is 24.3 Å². The number of nitrogens with one attached hydrogen (secondary N) is 1. The van der Waals surface area contributed by atoms with E-state index in [0.29, 0.717) is 31.3 Å². The lowest BCUT2D eigenvalue weighted by molar-refractivity contribution is -0.922. The first kappa shape index (κ1) is 16.0. The number of ether oxygens (including phenoxy) is 2. The third-order valence-corrected chi connectivity index (χ3v) is 4.34. The fraction of sp³-hybridized carbons (Fsp3) is 0.529. The molecule has 2 aliphatic heterocycles. The molecule has 3 rings (SSSR count). The van der Waals surface area contributed by atoms with Gasteiger partial charge in [0.05, 0.1) is 31.9 Å². The number of benzene rings is 1. The molecule has 6 heteroatoms. The standard InChI is InChI=1S/C17H22N2O4/c1-2-9-23-15-6-4-3-5-13(15)19-16(20)12-14(17(19)21)18-7-10-22-11-8-18/h3-6,14H,2,7-12H2,1H3/p+1/t14-/m1/s1. The van der Waals surface area contributed by atoms with Crippen LogP contribution in [0.5, 0.6) is 5.75 Å². The topological polar surface area (TPSA) is 60.3 Å². The van der Waals surface area contributed by atoms with E-state index in [2.05, 4.69) is 0 Å². The summed E-state index contributed by atoms with van der Waals surface area (Å²) >= 11 is 0. The Kier molecular flexibility index (Phi) is 4.93. The molecule has 1 atom stereocenters. The molecule has 2 fully saturated rings. The van der Waals surface area contributed by atoms with Crippen molar-refractivity contribution >= 4 is 17.5 Å². The highest BCUT2D eigenvalue weighted by Crippen LogP contribution is 2.31. The maximum absolute atomic E-state index is 12.8. The van der Waals surface area contributed by atoms with Gasteiger partial charge in [0.1, 0.15) is 18.8 Å². The maximum Gasteiger partial charge on any atom is 0.292 e. The first-order valence-electron chi connectivity index (χ1n) is 8.23. The number of nitrogens with zero attached hydrogens (tertiary/aromatic N) is 1. The molecule has 0 unspecified atom stereocenters. The van der Waals surface area contributed by atoms with Gasteiger partial charge in [-0.2, -0.15) is 0 Å². The number of imide groups is 1. The molecule has 1 aromatic carbocycles. The molecule has 2 amide bonds. The molecule has 0 saturated carbocycles. The Morgan fingerprint density at radius 1 is 1.26 bits per heavy atom. The zero-order chi connectivity index (χ0) is 16.2. The third-order valence-electron chi connectivity index (χ3n) is 4.34. The van der Waals surface area contributed by atoms with Gasteiger partial charge >= 0.3 is 0 Å². The SMILES string of the molecule is CCCOc1ccccc1N1C(=O)C[C@@H]([NH+]2CCOCC2)C1=O. The number of anilines is 1. The smallest absolute Gasteiger partial charge is 0.292 e. The van der Waals surface area contributed by atoms with Crippen LogP contribution in [0.25, 0.3) is 0 Å². The van der Waals surface area contributed by atoms with Gasteiger partial charge in [-0.3, -0.25) is 9.59 Å². The number of quaternary nitrogens is 1. The Bertz CT molecular complexity index is 584. The maximum atomic E-state index is 12.8. The first-order chi connectivity index (χ1) is 11.2. The van der Waals surface area contributed by atoms with E-state index in [1.165, 1.54) is 4.90 Å². The van der Waals surface area contributed by atoms with Gasteiger partial charge in [-0.25, -0.2) is 4.90 Å². The van der Waals surface area contributed by atoms with E-state index in [1.807, 2.05) is 19.1 Å². The lowest BCUT2D eigenvalue weighted by atomic mass is 10.2. The zero-order valence-electron chi connectivity index (χ0n) is 13.4. The van der Waals surface area contributed by atoms with Crippen LogP contribution in [0, 0.1) is 0 Å². The largest absolute Gasteiger partial charge is 0.491 e. The van der Waals surface area contributed by atoms with E-state index in [1.54, 1.807) is 12.1 Å². The van der Waals surface area contributed by atoms with Crippen LogP contribution < -0.4 is 14.5 Å². The zero-order valence-corrected chi connectivity index (χ0v) is 13.4. The molecule has 0 spiro atoms. The van der Waals surface area contributed by atoms with Gasteiger partial charge in [-0.05, 0) is 18.6 Å². The molecule has 2 saturated heterocycles. The second-order valence-electron chi connectivity index (χ2n) is 5.91. The van der Waals surface area contributed by atoms with Gasteiger partial charge in [0.15, 0.2) is 6.04 Å². The third kappa shape index (κ3) is 3.23. The fourth-order valence-electron chi connectivity index (χ4n) is 3.16. The predicted octanol–water partition coefficient (Wildman–Crippen LogP) is 0.0224. The Balaban J connectivity index is 1.82. The normalized spacial score (nSPS) is 22.7. The minimum atomic E-state index is -0.300. The number of carbonyl (C=O) groups excluding carboxylic acids is 2. The molecule has 2 aliphatic rings. The average Bonchev–Trinajstić information content (AvgIpc) is 2.88. The number of hydrogen-bond acceptors (Lipinski definition) is 4. The van der Waals surface area contributed by atoms with Gasteiger partial charge < -0.3 is 14.4 Å². The highest BCUT2D eigenvalue weighted by atomic mass is 16.5. The molecule has 2 heterocycles. The quantitative estimate of drug-likeness (QED) is 0.778. The Morgan fingerprint density at radius 2 is 2.00 bits per heavy atom. The van der Waals surface area contributed by atoms with Crippen LogP contribution in [-0.2, 0) is 14.3 Å². The minimum absolute atomic E-state index is 0.126. The minimum Gasteiger partial charge on any atom is -0.491 e. The second kappa shape index (κ2) is 7.10. The van der Waals surface area contributed by atoms with Gasteiger partial charge in [-0.15, -0.1) is 0 Å². The van der Waals surface area contributed by atoms with Crippen LogP contribution in [0.3, 0.4) is 0 Å². The summed E-state index contributed by atoms with van der Waals surface area (Å²) in [6.07, 6.45) is 1.13. The van der Waals surface area contributed by atoms with Crippen LogP contribution in [0.4, 0.5) is 5.69 Å². The molecule has 0 radical (unpaired) electrons. The Morgan fingerprint density at radius 3 is 2.74 bits per heavy atom. The number of carbonyl (C=O) groups is 2. The van der Waals surface area contributed by atoms with Crippen molar-refractivity contribution in [2.24, 2.45) is 0 Å². The van der Waals surface area contributed by atoms with Crippen molar-refractivity contribution in [2.75, 3.05) is 37.8 Å². The van der Waals surface area contributed by atoms with Gasteiger partial charge in [0.25, 0.3) is 5.91 Å². The van der Waals surface area contributed by atoms with E-state index in [9.17, 15) is 9.59 Å². The lowest BCUT2D eigenvalue weighted by Crippen LogP contribution is -3.18. The van der Waals surface area contributed by atoms with Crippen molar-refractivity contribution in [3.05, 3.63) is 24.3 Å². The summed E-state index contributed by atoms with van der Waals surface area (Å²) in [6, 6.07) is 6.96. The van der Waals surface area contributed by atoms with Crippen molar-refractivity contribution < 1.29 is 24.0 Å². The van der Waals surface area contributed by atoms with E-state index >= 15 is 0 Å². The highest BCUT2D eigenvalue weighted by Gasteiger charge is 2.46. The first-order valence-corrected chi connectivity index (χ1v) is 8.23. The molecule has 23 heavy (non-hydrogen) atoms. The molecule has 1 N–H and O–H groups in total. The number of morpholine rings is 1. The van der Waals surface area contributed by atoms with Gasteiger partial charge in [0.2, 0.25) is 5.91 Å². The summed E-state index contributed by atoms with van der Waals surface area (Å²) < 4.78 is 11.0. The van der Waals surface area contributed by atoms with Crippen LogP contribution >= 0.6 is 0 Å². The Labute approximate surface area is 136 Å². The molecule has 0 bridgehead atoms. The van der Waals surface area contributed by atoms with Gasteiger partial charge in [-0.1, -0.05) is 19.1 Å². The van der Waals surface area contributed by atoms with Crippen LogP contribution in [0.2, 0.25) is 0 Å². The van der Waals surface area contributed by atoms with Gasteiger partial charge in [0, 0.05) is 0 Å². The lowest BCUT2D eigenvalue weighted by Gasteiger charge is -2.27. The molecular formula is C17H23N2O4+. The number of para-hydroxylation sites is 2. The number of hydrogen-bond donors (Lipinski definition) is 1. The summed E-state index contributed by atoms with van der Waals surface area (Å²) in [4.78, 5) is 27.7. The average molecular weight is 319 g/mol. The fourth-order valence-corrected chi connectivity index (χ4v) is 3.16. The van der Waals surface area contributed by atoms with E-state index < -0.39 is 0 Å². The van der Waals surface area contributed by atoms with Crippen molar-refractivity contribution in [3.8, 4) is 5.75 Å². The second-order valence-corrected chi connectivity index (χ2v) is 5.91. The molecule has 6 nitrogen and oxygen atoms in total. The number of rotatable bonds is 5. The molecule has 124 valence electrons. The predicted molar refractivity (Wildman–Crippen MR) is 84.6 cm³/mol. The van der Waals surface area contributed by atoms with Crippen LogP contribution in [0.1, 0.15) is 19.8 Å². The van der Waals surface area contributed by atoms with Crippen molar-refractivity contribution in [3.63, 3.8) is 0 Å². The monoisotopic (exact) mass is 319 g/mol.